The van der Waals surface area contributed by atoms with Crippen LogP contribution in [-0.2, 0) is 11.4 Å². The summed E-state index contributed by atoms with van der Waals surface area (Å²) in [7, 11) is 0. The first-order chi connectivity index (χ1) is 13.2. The molecule has 0 N–H and O–H groups in total. The zero-order valence-electron chi connectivity index (χ0n) is 15.9. The molecule has 5 nitrogen and oxygen atoms in total. The lowest BCUT2D eigenvalue weighted by Gasteiger charge is -2.20. The molecule has 0 aliphatic heterocycles. The van der Waals surface area contributed by atoms with Crippen LogP contribution in [0.1, 0.15) is 44.0 Å². The number of halogens is 2. The zero-order chi connectivity index (χ0) is 20.7. The van der Waals surface area contributed by atoms with Gasteiger partial charge in [0.1, 0.15) is 39.3 Å². The van der Waals surface area contributed by atoms with Crippen molar-refractivity contribution in [2.75, 3.05) is 6.61 Å². The van der Waals surface area contributed by atoms with Crippen LogP contribution in [0.3, 0.4) is 0 Å². The van der Waals surface area contributed by atoms with Crippen molar-refractivity contribution < 1.29 is 18.1 Å². The maximum Gasteiger partial charge on any atom is 0.241 e. The van der Waals surface area contributed by atoms with Gasteiger partial charge < -0.3 is 9.29 Å². The molecule has 0 radical (unpaired) electrons. The van der Waals surface area contributed by atoms with E-state index in [1.54, 1.807) is 57.2 Å². The molecule has 1 heterocycles. The SMILES string of the molecule is CC(C)(C)[S+]([O-])N=C(c1cccc(OCCC(F)F)c1)c1cccnc1C#N. The lowest BCUT2D eigenvalue weighted by atomic mass is 10.0. The van der Waals surface area contributed by atoms with E-state index in [1.165, 1.54) is 6.20 Å². The predicted molar refractivity (Wildman–Crippen MR) is 105 cm³/mol. The highest BCUT2D eigenvalue weighted by Crippen LogP contribution is 2.24. The summed E-state index contributed by atoms with van der Waals surface area (Å²) >= 11 is -1.59. The van der Waals surface area contributed by atoms with E-state index in [1.807, 2.05) is 6.07 Å². The smallest absolute Gasteiger partial charge is 0.241 e. The van der Waals surface area contributed by atoms with Crippen LogP contribution in [0.5, 0.6) is 5.75 Å². The Kier molecular flexibility index (Phi) is 7.49. The number of aromatic nitrogens is 1. The van der Waals surface area contributed by atoms with Gasteiger partial charge in [-0.3, -0.25) is 0 Å². The van der Waals surface area contributed by atoms with Crippen LogP contribution in [0.2, 0.25) is 0 Å². The third kappa shape index (κ3) is 6.01. The Morgan fingerprint density at radius 1 is 1.32 bits per heavy atom. The second-order valence-electron chi connectivity index (χ2n) is 6.87. The number of nitrogens with zero attached hydrogens (tertiary/aromatic N) is 3. The molecule has 28 heavy (non-hydrogen) atoms. The number of alkyl halides is 2. The summed E-state index contributed by atoms with van der Waals surface area (Å²) in [5.74, 6) is 0.384. The van der Waals surface area contributed by atoms with E-state index in [0.717, 1.165) is 0 Å². The van der Waals surface area contributed by atoms with Gasteiger partial charge >= 0.3 is 0 Å². The Labute approximate surface area is 166 Å². The fourth-order valence-corrected chi connectivity index (χ4v) is 2.81. The van der Waals surface area contributed by atoms with Crippen LogP contribution in [0.25, 0.3) is 0 Å². The van der Waals surface area contributed by atoms with Crippen molar-refractivity contribution in [3.8, 4) is 11.8 Å². The number of ether oxygens (including phenoxy) is 1. The highest BCUT2D eigenvalue weighted by molar-refractivity contribution is 7.91. The normalized spacial score (nSPS) is 13.3. The van der Waals surface area contributed by atoms with E-state index < -0.39 is 22.5 Å². The van der Waals surface area contributed by atoms with Crippen molar-refractivity contribution in [3.05, 3.63) is 59.4 Å². The van der Waals surface area contributed by atoms with E-state index in [0.29, 0.717) is 22.6 Å². The van der Waals surface area contributed by atoms with E-state index in [2.05, 4.69) is 9.38 Å². The molecule has 1 unspecified atom stereocenters. The van der Waals surface area contributed by atoms with Gasteiger partial charge in [0.25, 0.3) is 0 Å². The molecule has 0 amide bonds. The second kappa shape index (κ2) is 9.62. The molecule has 2 aromatic rings. The number of rotatable bonds is 7. The lowest BCUT2D eigenvalue weighted by Crippen LogP contribution is -2.27. The first-order valence-corrected chi connectivity index (χ1v) is 9.70. The predicted octanol–water partition coefficient (Wildman–Crippen LogP) is 4.29. The van der Waals surface area contributed by atoms with Crippen LogP contribution in [0.4, 0.5) is 8.78 Å². The molecule has 0 aliphatic carbocycles. The van der Waals surface area contributed by atoms with Crippen LogP contribution < -0.4 is 4.74 Å². The summed E-state index contributed by atoms with van der Waals surface area (Å²) in [6, 6.07) is 12.0. The highest BCUT2D eigenvalue weighted by atomic mass is 32.2. The van der Waals surface area contributed by atoms with Crippen LogP contribution in [0.15, 0.2) is 47.0 Å². The molecule has 1 aromatic carbocycles. The van der Waals surface area contributed by atoms with Gasteiger partial charge in [0, 0.05) is 23.7 Å². The van der Waals surface area contributed by atoms with Gasteiger partial charge in [-0.2, -0.15) is 5.26 Å². The van der Waals surface area contributed by atoms with Crippen molar-refractivity contribution in [2.24, 2.45) is 4.40 Å². The van der Waals surface area contributed by atoms with E-state index in [-0.39, 0.29) is 18.7 Å². The second-order valence-corrected chi connectivity index (χ2v) is 8.77. The average Bonchev–Trinajstić information content (AvgIpc) is 2.65. The van der Waals surface area contributed by atoms with E-state index >= 15 is 0 Å². The minimum Gasteiger partial charge on any atom is -0.591 e. The van der Waals surface area contributed by atoms with Crippen molar-refractivity contribution in [3.63, 3.8) is 0 Å². The summed E-state index contributed by atoms with van der Waals surface area (Å²) in [6.07, 6.45) is -1.33. The third-order valence-corrected chi connectivity index (χ3v) is 4.98. The molecule has 0 saturated heterocycles. The molecular formula is C20H21F2N3O2S. The number of hydrogen-bond donors (Lipinski definition) is 0. The average molecular weight is 405 g/mol. The van der Waals surface area contributed by atoms with Gasteiger partial charge in [0.05, 0.1) is 6.61 Å². The molecule has 0 spiro atoms. The summed E-state index contributed by atoms with van der Waals surface area (Å²) in [4.78, 5) is 4.05. The molecule has 148 valence electrons. The summed E-state index contributed by atoms with van der Waals surface area (Å²) < 4.78 is 46.5. The summed E-state index contributed by atoms with van der Waals surface area (Å²) in [5.41, 5.74) is 1.47. The van der Waals surface area contributed by atoms with Crippen molar-refractivity contribution in [2.45, 2.75) is 38.4 Å². The Hall–Kier alpha value is -2.50. The standard InChI is InChI=1S/C20H21F2N3O2S/c1-20(2,3)28(26)25-19(16-8-5-10-24-17(16)13-23)14-6-4-7-15(12-14)27-11-9-18(21)22/h4-8,10,12,18H,9,11H2,1-3H3. The van der Waals surface area contributed by atoms with Gasteiger partial charge in [-0.25, -0.2) is 13.8 Å². The third-order valence-electron chi connectivity index (χ3n) is 3.58. The van der Waals surface area contributed by atoms with Crippen molar-refractivity contribution in [1.29, 1.82) is 5.26 Å². The Bertz CT molecular complexity index is 876. The lowest BCUT2D eigenvalue weighted by molar-refractivity contribution is 0.114. The van der Waals surface area contributed by atoms with Gasteiger partial charge in [-0.15, -0.1) is 0 Å². The van der Waals surface area contributed by atoms with E-state index in [9.17, 15) is 18.6 Å². The molecule has 0 saturated carbocycles. The fraction of sp³-hybridized carbons (Fsp3) is 0.350. The number of nitriles is 1. The minimum atomic E-state index is -2.44. The topological polar surface area (TPSA) is 81.3 Å². The maximum atomic E-state index is 12.7. The quantitative estimate of drug-likeness (QED) is 0.508. The first kappa shape index (κ1) is 21.8. The zero-order valence-corrected chi connectivity index (χ0v) is 16.7. The Morgan fingerprint density at radius 2 is 2.07 bits per heavy atom. The van der Waals surface area contributed by atoms with E-state index in [4.69, 9.17) is 4.74 Å². The van der Waals surface area contributed by atoms with Crippen LogP contribution in [0, 0.1) is 11.3 Å². The van der Waals surface area contributed by atoms with Gasteiger partial charge in [-0.05, 0) is 45.0 Å². The number of hydrogen-bond acceptors (Lipinski definition) is 5. The van der Waals surface area contributed by atoms with Crippen LogP contribution in [-0.4, -0.2) is 33.0 Å². The number of benzene rings is 1. The minimum absolute atomic E-state index is 0.127. The molecule has 1 aromatic heterocycles. The molecule has 0 bridgehead atoms. The van der Waals surface area contributed by atoms with Gasteiger partial charge in [0.15, 0.2) is 0 Å². The monoisotopic (exact) mass is 405 g/mol. The van der Waals surface area contributed by atoms with Crippen molar-refractivity contribution >= 4 is 17.1 Å². The molecule has 2 rings (SSSR count). The van der Waals surface area contributed by atoms with Crippen LogP contribution >= 0.6 is 0 Å². The highest BCUT2D eigenvalue weighted by Gasteiger charge is 2.28. The molecule has 8 heteroatoms. The molecule has 0 aliphatic rings. The maximum absolute atomic E-state index is 12.7. The van der Waals surface area contributed by atoms with Crippen molar-refractivity contribution in [1.82, 2.24) is 4.98 Å². The Balaban J connectivity index is 2.48. The number of pyridine rings is 1. The Morgan fingerprint density at radius 3 is 2.71 bits per heavy atom. The molecule has 0 fully saturated rings. The summed E-state index contributed by atoms with van der Waals surface area (Å²) in [6.45, 7) is 5.26. The van der Waals surface area contributed by atoms with Gasteiger partial charge in [-0.1, -0.05) is 16.5 Å². The fourth-order valence-electron chi connectivity index (χ4n) is 2.16. The molecule has 1 atom stereocenters. The molecular weight excluding hydrogens is 384 g/mol. The first-order valence-electron chi connectivity index (χ1n) is 8.60. The van der Waals surface area contributed by atoms with Gasteiger partial charge in [0.2, 0.25) is 6.43 Å². The summed E-state index contributed by atoms with van der Waals surface area (Å²) in [5, 5.41) is 9.39. The largest absolute Gasteiger partial charge is 0.591 e.